The highest BCUT2D eigenvalue weighted by atomic mass is 15.3. The molecular formula is C17H20N8. The number of aromatic amines is 1. The van der Waals surface area contributed by atoms with Crippen LogP contribution in [0.2, 0.25) is 0 Å². The van der Waals surface area contributed by atoms with E-state index in [9.17, 15) is 0 Å². The number of aryl methyl sites for hydroxylation is 1. The van der Waals surface area contributed by atoms with Crippen LogP contribution in [0.4, 0.5) is 5.82 Å². The highest BCUT2D eigenvalue weighted by molar-refractivity contribution is 5.99. The molecule has 0 saturated carbocycles. The second-order valence-electron chi connectivity index (χ2n) is 5.98. The number of nitrogens with one attached hydrogen (secondary N) is 2. The van der Waals surface area contributed by atoms with Gasteiger partial charge in [-0.25, -0.2) is 19.6 Å². The summed E-state index contributed by atoms with van der Waals surface area (Å²) in [7, 11) is 1.96. The van der Waals surface area contributed by atoms with E-state index in [1.165, 1.54) is 6.33 Å². The number of H-pyrrole nitrogens is 1. The summed E-state index contributed by atoms with van der Waals surface area (Å²) in [6, 6.07) is 4.04. The predicted octanol–water partition coefficient (Wildman–Crippen LogP) is 1.95. The molecule has 0 spiro atoms. The highest BCUT2D eigenvalue weighted by Crippen LogP contribution is 2.31. The number of aromatic nitrogens is 6. The molecule has 0 radical (unpaired) electrons. The van der Waals surface area contributed by atoms with Gasteiger partial charge < -0.3 is 16.0 Å². The van der Waals surface area contributed by atoms with Gasteiger partial charge in [0.1, 0.15) is 23.5 Å². The van der Waals surface area contributed by atoms with Crippen molar-refractivity contribution < 1.29 is 0 Å². The van der Waals surface area contributed by atoms with Crippen LogP contribution in [0, 0.1) is 0 Å². The molecule has 4 aromatic heterocycles. The molecule has 8 nitrogen and oxygen atoms in total. The minimum Gasteiger partial charge on any atom is -0.383 e. The molecule has 0 atom stereocenters. The standard InChI is InChI=1S/C17H20N8/c1-19-5-2-3-7-25-17-13(15(18)22-10-23-17)14(24-25)12-8-11-4-6-20-16(11)21-9-12/h4,6,8-10,19H,2-3,5,7H2,1H3,(H,20,21)(H2,18,22,23). The van der Waals surface area contributed by atoms with Gasteiger partial charge in [0.15, 0.2) is 5.65 Å². The molecule has 4 aromatic rings. The van der Waals surface area contributed by atoms with E-state index in [4.69, 9.17) is 10.8 Å². The number of nitrogen functional groups attached to an aromatic ring is 1. The number of hydrogen-bond donors (Lipinski definition) is 3. The zero-order valence-electron chi connectivity index (χ0n) is 14.0. The van der Waals surface area contributed by atoms with Crippen molar-refractivity contribution in [3.8, 4) is 11.3 Å². The maximum atomic E-state index is 6.14. The van der Waals surface area contributed by atoms with E-state index < -0.39 is 0 Å². The van der Waals surface area contributed by atoms with Crippen molar-refractivity contribution in [2.75, 3.05) is 19.3 Å². The van der Waals surface area contributed by atoms with Crippen LogP contribution in [-0.2, 0) is 6.54 Å². The van der Waals surface area contributed by atoms with Gasteiger partial charge in [0.2, 0.25) is 0 Å². The Morgan fingerprint density at radius 2 is 2.16 bits per heavy atom. The smallest absolute Gasteiger partial charge is 0.163 e. The fourth-order valence-corrected chi connectivity index (χ4v) is 3.02. The quantitative estimate of drug-likeness (QED) is 0.464. The van der Waals surface area contributed by atoms with E-state index in [2.05, 4.69) is 31.3 Å². The van der Waals surface area contributed by atoms with Gasteiger partial charge in [-0.05, 0) is 38.6 Å². The molecule has 4 rings (SSSR count). The lowest BCUT2D eigenvalue weighted by atomic mass is 10.1. The minimum absolute atomic E-state index is 0.440. The van der Waals surface area contributed by atoms with E-state index in [1.807, 2.05) is 24.0 Å². The first-order valence-electron chi connectivity index (χ1n) is 8.33. The Bertz CT molecular complexity index is 1020. The van der Waals surface area contributed by atoms with Gasteiger partial charge in [-0.3, -0.25) is 0 Å². The fraction of sp³-hybridized carbons (Fsp3) is 0.294. The van der Waals surface area contributed by atoms with Crippen LogP contribution < -0.4 is 11.1 Å². The molecule has 0 unspecified atom stereocenters. The Hall–Kier alpha value is -3.00. The molecule has 25 heavy (non-hydrogen) atoms. The van der Waals surface area contributed by atoms with Gasteiger partial charge in [-0.15, -0.1) is 0 Å². The van der Waals surface area contributed by atoms with Crippen LogP contribution in [0.15, 0.2) is 30.9 Å². The highest BCUT2D eigenvalue weighted by Gasteiger charge is 2.17. The number of fused-ring (bicyclic) bond motifs is 2. The molecule has 4 heterocycles. The van der Waals surface area contributed by atoms with Crippen LogP contribution in [0.3, 0.4) is 0 Å². The zero-order valence-corrected chi connectivity index (χ0v) is 14.0. The molecule has 0 aliphatic heterocycles. The lowest BCUT2D eigenvalue weighted by Gasteiger charge is -2.02. The number of hydrogen-bond acceptors (Lipinski definition) is 6. The Morgan fingerprint density at radius 3 is 3.04 bits per heavy atom. The molecule has 0 aromatic carbocycles. The second-order valence-corrected chi connectivity index (χ2v) is 5.98. The molecule has 0 aliphatic rings. The van der Waals surface area contributed by atoms with E-state index >= 15 is 0 Å². The summed E-state index contributed by atoms with van der Waals surface area (Å²) in [5.41, 5.74) is 9.44. The van der Waals surface area contributed by atoms with Gasteiger partial charge in [-0.2, -0.15) is 5.10 Å². The largest absolute Gasteiger partial charge is 0.383 e. The van der Waals surface area contributed by atoms with Crippen molar-refractivity contribution in [3.05, 3.63) is 30.9 Å². The van der Waals surface area contributed by atoms with Gasteiger partial charge in [-0.1, -0.05) is 0 Å². The first-order chi connectivity index (χ1) is 12.3. The Labute approximate surface area is 144 Å². The zero-order chi connectivity index (χ0) is 17.2. The van der Waals surface area contributed by atoms with Gasteiger partial charge in [0.05, 0.1) is 5.39 Å². The summed E-state index contributed by atoms with van der Waals surface area (Å²) in [5.74, 6) is 0.440. The number of pyridine rings is 1. The summed E-state index contributed by atoms with van der Waals surface area (Å²) < 4.78 is 1.92. The monoisotopic (exact) mass is 336 g/mol. The molecular weight excluding hydrogens is 316 g/mol. The van der Waals surface area contributed by atoms with E-state index in [-0.39, 0.29) is 0 Å². The third-order valence-corrected chi connectivity index (χ3v) is 4.28. The molecule has 0 amide bonds. The molecule has 0 saturated heterocycles. The summed E-state index contributed by atoms with van der Waals surface area (Å²) in [6.07, 6.45) is 7.25. The van der Waals surface area contributed by atoms with Crippen LogP contribution >= 0.6 is 0 Å². The van der Waals surface area contributed by atoms with E-state index in [1.54, 1.807) is 6.20 Å². The second kappa shape index (κ2) is 6.48. The van der Waals surface area contributed by atoms with Crippen molar-refractivity contribution in [2.24, 2.45) is 0 Å². The van der Waals surface area contributed by atoms with Crippen LogP contribution in [0.1, 0.15) is 12.8 Å². The summed E-state index contributed by atoms with van der Waals surface area (Å²) in [6.45, 7) is 1.77. The van der Waals surface area contributed by atoms with Crippen molar-refractivity contribution in [1.82, 2.24) is 35.0 Å². The first-order valence-corrected chi connectivity index (χ1v) is 8.33. The van der Waals surface area contributed by atoms with Crippen molar-refractivity contribution in [1.29, 1.82) is 0 Å². The third kappa shape index (κ3) is 2.80. The molecule has 0 fully saturated rings. The number of nitrogens with two attached hydrogens (primary N) is 1. The Balaban J connectivity index is 1.79. The summed E-state index contributed by atoms with van der Waals surface area (Å²) >= 11 is 0. The van der Waals surface area contributed by atoms with Gasteiger partial charge >= 0.3 is 0 Å². The number of unbranched alkanes of at least 4 members (excludes halogenated alkanes) is 1. The van der Waals surface area contributed by atoms with Crippen molar-refractivity contribution in [2.45, 2.75) is 19.4 Å². The minimum atomic E-state index is 0.440. The number of rotatable bonds is 6. The molecule has 8 heteroatoms. The van der Waals surface area contributed by atoms with Crippen molar-refractivity contribution in [3.63, 3.8) is 0 Å². The van der Waals surface area contributed by atoms with Crippen LogP contribution in [0.5, 0.6) is 0 Å². The number of anilines is 1. The van der Waals surface area contributed by atoms with E-state index in [0.29, 0.717) is 5.82 Å². The average molecular weight is 336 g/mol. The summed E-state index contributed by atoms with van der Waals surface area (Å²) in [4.78, 5) is 16.1. The van der Waals surface area contributed by atoms with Crippen LogP contribution in [-0.4, -0.2) is 43.3 Å². The maximum absolute atomic E-state index is 6.14. The van der Waals surface area contributed by atoms with E-state index in [0.717, 1.165) is 59.3 Å². The lowest BCUT2D eigenvalue weighted by molar-refractivity contribution is 0.558. The molecule has 0 bridgehead atoms. The third-order valence-electron chi connectivity index (χ3n) is 4.28. The molecule has 128 valence electrons. The Kier molecular flexibility index (Phi) is 4.02. The topological polar surface area (TPSA) is 110 Å². The maximum Gasteiger partial charge on any atom is 0.163 e. The van der Waals surface area contributed by atoms with Gasteiger partial charge in [0.25, 0.3) is 0 Å². The SMILES string of the molecule is CNCCCCn1nc(-c2cnc3[nH]ccc3c2)c2c(N)ncnc21. The lowest BCUT2D eigenvalue weighted by Crippen LogP contribution is -2.09. The summed E-state index contributed by atoms with van der Waals surface area (Å²) in [5, 5.41) is 9.75. The van der Waals surface area contributed by atoms with Crippen LogP contribution in [0.25, 0.3) is 33.3 Å². The van der Waals surface area contributed by atoms with Gasteiger partial charge in [0, 0.05) is 29.9 Å². The van der Waals surface area contributed by atoms with Crippen molar-refractivity contribution >= 4 is 27.9 Å². The predicted molar refractivity (Wildman–Crippen MR) is 98.0 cm³/mol. The molecule has 0 aliphatic carbocycles. The molecule has 4 N–H and O–H groups in total. The fourth-order valence-electron chi connectivity index (χ4n) is 3.02. The normalized spacial score (nSPS) is 11.6. The Morgan fingerprint density at radius 1 is 1.24 bits per heavy atom. The average Bonchev–Trinajstić information content (AvgIpc) is 3.23. The first kappa shape index (κ1) is 15.5. The number of nitrogens with zero attached hydrogens (tertiary/aromatic N) is 5.